The molecule has 136 valence electrons. The summed E-state index contributed by atoms with van der Waals surface area (Å²) in [5.74, 6) is -0.993. The second-order valence-electron chi connectivity index (χ2n) is 6.39. The van der Waals surface area contributed by atoms with Gasteiger partial charge in [-0.15, -0.1) is 0 Å². The predicted molar refractivity (Wildman–Crippen MR) is 99.6 cm³/mol. The Morgan fingerprint density at radius 3 is 2.41 bits per heavy atom. The number of carbonyl (C=O) groups excluding carboxylic acids is 3. The van der Waals surface area contributed by atoms with E-state index in [0.29, 0.717) is 24.2 Å². The Labute approximate surface area is 157 Å². The maximum atomic E-state index is 12.9. The van der Waals surface area contributed by atoms with Crippen LogP contribution in [0.25, 0.3) is 0 Å². The second-order valence-corrected chi connectivity index (χ2v) is 6.39. The minimum atomic E-state index is -0.797. The normalized spacial score (nSPS) is 16.3. The maximum absolute atomic E-state index is 12.9. The van der Waals surface area contributed by atoms with E-state index in [-0.39, 0.29) is 18.2 Å². The number of hydrogen-bond acceptors (Lipinski definition) is 4. The van der Waals surface area contributed by atoms with Crippen molar-refractivity contribution in [3.8, 4) is 6.07 Å². The number of benzene rings is 2. The molecular formula is C21H19N3O3. The van der Waals surface area contributed by atoms with Crippen LogP contribution in [-0.4, -0.2) is 35.2 Å². The highest BCUT2D eigenvalue weighted by Gasteiger charge is 2.43. The summed E-state index contributed by atoms with van der Waals surface area (Å²) in [6.45, 7) is 1.78. The van der Waals surface area contributed by atoms with Gasteiger partial charge < -0.3 is 4.90 Å². The molecule has 1 unspecified atom stereocenters. The van der Waals surface area contributed by atoms with Crippen molar-refractivity contribution < 1.29 is 14.4 Å². The van der Waals surface area contributed by atoms with E-state index in [4.69, 9.17) is 5.26 Å². The van der Waals surface area contributed by atoms with Gasteiger partial charge in [0.1, 0.15) is 6.04 Å². The van der Waals surface area contributed by atoms with Crippen LogP contribution in [-0.2, 0) is 20.8 Å². The summed E-state index contributed by atoms with van der Waals surface area (Å²) in [7, 11) is 0. The van der Waals surface area contributed by atoms with Gasteiger partial charge >= 0.3 is 0 Å². The summed E-state index contributed by atoms with van der Waals surface area (Å²) >= 11 is 0. The molecule has 1 heterocycles. The van der Waals surface area contributed by atoms with E-state index in [1.165, 1.54) is 11.8 Å². The zero-order valence-corrected chi connectivity index (χ0v) is 15.0. The standard InChI is InChI=1S/C21H19N3O3/c1-15(25)23(12-11-16-5-3-2-4-6-16)19-13-20(26)24(21(19)27)18-9-7-17(14-22)8-10-18/h2-10,19H,11-13H2,1H3. The van der Waals surface area contributed by atoms with E-state index in [2.05, 4.69) is 0 Å². The van der Waals surface area contributed by atoms with Crippen molar-refractivity contribution in [2.45, 2.75) is 25.8 Å². The molecule has 2 aromatic rings. The van der Waals surface area contributed by atoms with Gasteiger partial charge in [0.25, 0.3) is 5.91 Å². The first-order valence-corrected chi connectivity index (χ1v) is 8.69. The minimum absolute atomic E-state index is 0.0345. The van der Waals surface area contributed by atoms with Crippen molar-refractivity contribution in [3.05, 3.63) is 65.7 Å². The molecule has 6 heteroatoms. The number of hydrogen-bond donors (Lipinski definition) is 0. The maximum Gasteiger partial charge on any atom is 0.257 e. The third kappa shape index (κ3) is 3.87. The van der Waals surface area contributed by atoms with E-state index in [9.17, 15) is 14.4 Å². The smallest absolute Gasteiger partial charge is 0.257 e. The Hall–Kier alpha value is -3.46. The summed E-state index contributed by atoms with van der Waals surface area (Å²) in [6.07, 6.45) is 0.572. The average Bonchev–Trinajstić information content (AvgIpc) is 2.97. The molecule has 0 N–H and O–H groups in total. The highest BCUT2D eigenvalue weighted by Crippen LogP contribution is 2.26. The Bertz CT molecular complexity index is 901. The Kier molecular flexibility index (Phi) is 5.32. The van der Waals surface area contributed by atoms with Crippen LogP contribution in [0.4, 0.5) is 5.69 Å². The van der Waals surface area contributed by atoms with Gasteiger partial charge in [0.15, 0.2) is 0 Å². The van der Waals surface area contributed by atoms with Crippen molar-refractivity contribution in [1.29, 1.82) is 5.26 Å². The van der Waals surface area contributed by atoms with Crippen molar-refractivity contribution in [1.82, 2.24) is 4.90 Å². The number of carbonyl (C=O) groups is 3. The van der Waals surface area contributed by atoms with Crippen LogP contribution in [0.3, 0.4) is 0 Å². The van der Waals surface area contributed by atoms with Gasteiger partial charge in [-0.1, -0.05) is 30.3 Å². The summed E-state index contributed by atoms with van der Waals surface area (Å²) in [6, 6.07) is 17.1. The van der Waals surface area contributed by atoms with Crippen LogP contribution >= 0.6 is 0 Å². The lowest BCUT2D eigenvalue weighted by Gasteiger charge is -2.26. The molecule has 0 aromatic heterocycles. The van der Waals surface area contributed by atoms with Crippen molar-refractivity contribution in [3.63, 3.8) is 0 Å². The van der Waals surface area contributed by atoms with E-state index in [1.54, 1.807) is 24.3 Å². The second kappa shape index (κ2) is 7.83. The third-order valence-electron chi connectivity index (χ3n) is 4.64. The number of nitrogens with zero attached hydrogens (tertiary/aromatic N) is 3. The van der Waals surface area contributed by atoms with Crippen LogP contribution in [0.5, 0.6) is 0 Å². The molecule has 0 bridgehead atoms. The molecule has 1 atom stereocenters. The molecule has 0 aliphatic carbocycles. The SMILES string of the molecule is CC(=O)N(CCc1ccccc1)C1CC(=O)N(c2ccc(C#N)cc2)C1=O. The Balaban J connectivity index is 1.78. The van der Waals surface area contributed by atoms with Crippen molar-refractivity contribution >= 4 is 23.4 Å². The van der Waals surface area contributed by atoms with E-state index in [1.807, 2.05) is 36.4 Å². The number of anilines is 1. The molecule has 1 saturated heterocycles. The summed E-state index contributed by atoms with van der Waals surface area (Å²) < 4.78 is 0. The fraction of sp³-hybridized carbons (Fsp3) is 0.238. The number of amides is 3. The van der Waals surface area contributed by atoms with E-state index in [0.717, 1.165) is 10.5 Å². The molecule has 0 radical (unpaired) electrons. The number of rotatable bonds is 5. The predicted octanol–water partition coefficient (Wildman–Crippen LogP) is 2.28. The minimum Gasteiger partial charge on any atom is -0.330 e. The summed E-state index contributed by atoms with van der Waals surface area (Å²) in [5.41, 5.74) is 1.92. The van der Waals surface area contributed by atoms with Crippen LogP contribution in [0.15, 0.2) is 54.6 Å². The van der Waals surface area contributed by atoms with Gasteiger partial charge in [-0.25, -0.2) is 4.90 Å². The van der Waals surface area contributed by atoms with Crippen LogP contribution in [0.1, 0.15) is 24.5 Å². The fourth-order valence-electron chi connectivity index (χ4n) is 3.24. The topological polar surface area (TPSA) is 81.5 Å². The zero-order valence-electron chi connectivity index (χ0n) is 15.0. The number of imide groups is 1. The van der Waals surface area contributed by atoms with Crippen molar-refractivity contribution in [2.75, 3.05) is 11.4 Å². The lowest BCUT2D eigenvalue weighted by molar-refractivity contribution is -0.136. The quantitative estimate of drug-likeness (QED) is 0.765. The molecule has 1 aliphatic rings. The molecule has 0 spiro atoms. The molecule has 1 fully saturated rings. The lowest BCUT2D eigenvalue weighted by Crippen LogP contribution is -2.45. The first-order chi connectivity index (χ1) is 13.0. The molecular weight excluding hydrogens is 342 g/mol. The average molecular weight is 361 g/mol. The third-order valence-corrected chi connectivity index (χ3v) is 4.64. The van der Waals surface area contributed by atoms with Gasteiger partial charge in [0.2, 0.25) is 11.8 Å². The molecule has 3 rings (SSSR count). The first kappa shape index (κ1) is 18.3. The molecule has 27 heavy (non-hydrogen) atoms. The highest BCUT2D eigenvalue weighted by molar-refractivity contribution is 6.23. The molecule has 6 nitrogen and oxygen atoms in total. The van der Waals surface area contributed by atoms with Crippen LogP contribution in [0.2, 0.25) is 0 Å². The molecule has 0 saturated carbocycles. The lowest BCUT2D eigenvalue weighted by atomic mass is 10.1. The monoisotopic (exact) mass is 361 g/mol. The van der Waals surface area contributed by atoms with Gasteiger partial charge in [-0.3, -0.25) is 14.4 Å². The van der Waals surface area contributed by atoms with Crippen LogP contribution in [0, 0.1) is 11.3 Å². The van der Waals surface area contributed by atoms with E-state index >= 15 is 0 Å². The zero-order chi connectivity index (χ0) is 19.4. The Morgan fingerprint density at radius 1 is 1.15 bits per heavy atom. The van der Waals surface area contributed by atoms with Crippen LogP contribution < -0.4 is 4.90 Å². The summed E-state index contributed by atoms with van der Waals surface area (Å²) in [5, 5.41) is 8.89. The van der Waals surface area contributed by atoms with E-state index < -0.39 is 11.9 Å². The summed E-state index contributed by atoms with van der Waals surface area (Å²) in [4.78, 5) is 40.0. The largest absolute Gasteiger partial charge is 0.330 e. The molecule has 3 amide bonds. The highest BCUT2D eigenvalue weighted by atomic mass is 16.2. The molecule has 1 aliphatic heterocycles. The van der Waals surface area contributed by atoms with Gasteiger partial charge in [-0.05, 0) is 36.2 Å². The fourth-order valence-corrected chi connectivity index (χ4v) is 3.24. The van der Waals surface area contributed by atoms with Gasteiger partial charge in [0.05, 0.1) is 23.7 Å². The Morgan fingerprint density at radius 2 is 1.81 bits per heavy atom. The molecule has 2 aromatic carbocycles. The van der Waals surface area contributed by atoms with Gasteiger partial charge in [0, 0.05) is 13.5 Å². The van der Waals surface area contributed by atoms with Gasteiger partial charge in [-0.2, -0.15) is 5.26 Å². The first-order valence-electron chi connectivity index (χ1n) is 8.69. The number of nitriles is 1. The van der Waals surface area contributed by atoms with Crippen molar-refractivity contribution in [2.24, 2.45) is 0 Å².